The Kier molecular flexibility index (Phi) is 4.97. The Hall–Kier alpha value is -3.00. The maximum Gasteiger partial charge on any atom is 0.243 e. The van der Waals surface area contributed by atoms with Crippen LogP contribution in [0, 0.1) is 0 Å². The molecule has 0 aliphatic carbocycles. The summed E-state index contributed by atoms with van der Waals surface area (Å²) in [5, 5.41) is 2.96. The fraction of sp³-hybridized carbons (Fsp3) is 0.368. The lowest BCUT2D eigenvalue weighted by Gasteiger charge is -2.27. The smallest absolute Gasteiger partial charge is 0.243 e. The number of carbonyl (C=O) groups is 1. The molecule has 1 aliphatic rings. The molecule has 4 rings (SSSR count). The molecule has 0 unspecified atom stereocenters. The van der Waals surface area contributed by atoms with Crippen molar-refractivity contribution in [3.63, 3.8) is 0 Å². The van der Waals surface area contributed by atoms with Gasteiger partial charge in [0, 0.05) is 19.2 Å². The summed E-state index contributed by atoms with van der Waals surface area (Å²) in [4.78, 5) is 27.7. The summed E-state index contributed by atoms with van der Waals surface area (Å²) in [6, 6.07) is 9.33. The molecule has 1 fully saturated rings. The number of amides is 1. The van der Waals surface area contributed by atoms with E-state index in [1.807, 2.05) is 41.8 Å². The fourth-order valence-corrected chi connectivity index (χ4v) is 3.19. The number of hydrogen-bond donors (Lipinski definition) is 1. The van der Waals surface area contributed by atoms with Crippen LogP contribution in [0.25, 0.3) is 11.0 Å². The van der Waals surface area contributed by atoms with E-state index >= 15 is 0 Å². The molecule has 140 valence electrons. The van der Waals surface area contributed by atoms with Crippen molar-refractivity contribution >= 4 is 22.8 Å². The van der Waals surface area contributed by atoms with E-state index in [9.17, 15) is 4.79 Å². The van der Waals surface area contributed by atoms with Gasteiger partial charge in [0.1, 0.15) is 18.2 Å². The second-order valence-electron chi connectivity index (χ2n) is 6.50. The van der Waals surface area contributed by atoms with Gasteiger partial charge in [-0.05, 0) is 19.1 Å². The topological polar surface area (TPSA) is 85.2 Å². The van der Waals surface area contributed by atoms with Crippen molar-refractivity contribution in [2.24, 2.45) is 0 Å². The summed E-state index contributed by atoms with van der Waals surface area (Å²) in [7, 11) is 0. The Morgan fingerprint density at radius 2 is 2.04 bits per heavy atom. The highest BCUT2D eigenvalue weighted by molar-refractivity contribution is 5.83. The SMILES string of the molecule is C[C@@H](C(=O)NCc1cc(N2CCOCC2)ncn1)n1cnc2ccccc21. The minimum atomic E-state index is -0.363. The molecule has 27 heavy (non-hydrogen) atoms. The van der Waals surface area contributed by atoms with E-state index in [2.05, 4.69) is 25.2 Å². The quantitative estimate of drug-likeness (QED) is 0.737. The van der Waals surface area contributed by atoms with Crippen LogP contribution < -0.4 is 10.2 Å². The lowest BCUT2D eigenvalue weighted by atomic mass is 10.2. The zero-order valence-corrected chi connectivity index (χ0v) is 15.2. The van der Waals surface area contributed by atoms with Gasteiger partial charge in [-0.1, -0.05) is 12.1 Å². The Morgan fingerprint density at radius 1 is 1.22 bits per heavy atom. The van der Waals surface area contributed by atoms with Crippen LogP contribution in [0.1, 0.15) is 18.7 Å². The molecule has 1 aromatic carbocycles. The van der Waals surface area contributed by atoms with Crippen molar-refractivity contribution in [2.75, 3.05) is 31.2 Å². The molecule has 3 aromatic rings. The fourth-order valence-electron chi connectivity index (χ4n) is 3.19. The van der Waals surface area contributed by atoms with Crippen LogP contribution in [0.2, 0.25) is 0 Å². The summed E-state index contributed by atoms with van der Waals surface area (Å²) in [5.41, 5.74) is 2.60. The number of benzene rings is 1. The number of fused-ring (bicyclic) bond motifs is 1. The van der Waals surface area contributed by atoms with Gasteiger partial charge in [-0.3, -0.25) is 4.79 Å². The highest BCUT2D eigenvalue weighted by Crippen LogP contribution is 2.18. The van der Waals surface area contributed by atoms with Gasteiger partial charge in [-0.25, -0.2) is 15.0 Å². The first-order chi connectivity index (χ1) is 13.2. The third-order valence-electron chi connectivity index (χ3n) is 4.77. The van der Waals surface area contributed by atoms with E-state index in [-0.39, 0.29) is 11.9 Å². The zero-order valence-electron chi connectivity index (χ0n) is 15.2. The van der Waals surface area contributed by atoms with Gasteiger partial charge < -0.3 is 19.5 Å². The molecule has 1 N–H and O–H groups in total. The van der Waals surface area contributed by atoms with Gasteiger partial charge in [-0.15, -0.1) is 0 Å². The summed E-state index contributed by atoms with van der Waals surface area (Å²) in [6.07, 6.45) is 3.25. The monoisotopic (exact) mass is 366 g/mol. The van der Waals surface area contributed by atoms with Crippen LogP contribution in [-0.2, 0) is 16.1 Å². The van der Waals surface area contributed by atoms with Crippen LogP contribution in [-0.4, -0.2) is 51.7 Å². The Bertz CT molecular complexity index is 935. The maximum atomic E-state index is 12.6. The molecule has 0 bridgehead atoms. The Labute approximate surface area is 157 Å². The normalized spacial score (nSPS) is 15.7. The summed E-state index contributed by atoms with van der Waals surface area (Å²) in [5.74, 6) is 0.788. The standard InChI is InChI=1S/C19H22N6O2/c1-14(25-13-23-16-4-2-3-5-17(16)25)19(26)20-11-15-10-18(22-12-21-15)24-6-8-27-9-7-24/h2-5,10,12-14H,6-9,11H2,1H3,(H,20,26)/t14-/m0/s1. The van der Waals surface area contributed by atoms with E-state index < -0.39 is 0 Å². The molecular formula is C19H22N6O2. The Morgan fingerprint density at radius 3 is 2.89 bits per heavy atom. The lowest BCUT2D eigenvalue weighted by molar-refractivity contribution is -0.124. The third kappa shape index (κ3) is 3.75. The summed E-state index contributed by atoms with van der Waals surface area (Å²) in [6.45, 7) is 5.25. The summed E-state index contributed by atoms with van der Waals surface area (Å²) < 4.78 is 7.25. The zero-order chi connectivity index (χ0) is 18.6. The number of hydrogen-bond acceptors (Lipinski definition) is 6. The molecule has 2 aromatic heterocycles. The number of imidazole rings is 1. The highest BCUT2D eigenvalue weighted by atomic mass is 16.5. The van der Waals surface area contributed by atoms with Gasteiger partial charge >= 0.3 is 0 Å². The van der Waals surface area contributed by atoms with Crippen molar-refractivity contribution in [3.05, 3.63) is 48.7 Å². The average Bonchev–Trinajstić information content (AvgIpc) is 3.16. The van der Waals surface area contributed by atoms with Crippen LogP contribution in [0.15, 0.2) is 43.0 Å². The van der Waals surface area contributed by atoms with Crippen LogP contribution in [0.5, 0.6) is 0 Å². The van der Waals surface area contributed by atoms with Gasteiger partial charge in [0.2, 0.25) is 5.91 Å². The number of anilines is 1. The second kappa shape index (κ2) is 7.71. The molecule has 1 amide bonds. The van der Waals surface area contributed by atoms with Crippen LogP contribution in [0.3, 0.4) is 0 Å². The van der Waals surface area contributed by atoms with Crippen molar-refractivity contribution in [1.29, 1.82) is 0 Å². The van der Waals surface area contributed by atoms with Crippen molar-refractivity contribution in [1.82, 2.24) is 24.8 Å². The predicted molar refractivity (Wildman–Crippen MR) is 101 cm³/mol. The summed E-state index contributed by atoms with van der Waals surface area (Å²) >= 11 is 0. The van der Waals surface area contributed by atoms with Gasteiger partial charge in [0.25, 0.3) is 0 Å². The highest BCUT2D eigenvalue weighted by Gasteiger charge is 2.18. The van der Waals surface area contributed by atoms with Crippen molar-refractivity contribution < 1.29 is 9.53 Å². The predicted octanol–water partition coefficient (Wildman–Crippen LogP) is 1.54. The number of nitrogens with one attached hydrogen (secondary N) is 1. The molecule has 1 saturated heterocycles. The van der Waals surface area contributed by atoms with Crippen LogP contribution in [0.4, 0.5) is 5.82 Å². The number of morpholine rings is 1. The van der Waals surface area contributed by atoms with E-state index in [1.165, 1.54) is 0 Å². The molecule has 3 heterocycles. The molecule has 8 heteroatoms. The maximum absolute atomic E-state index is 12.6. The average molecular weight is 366 g/mol. The van der Waals surface area contributed by atoms with Gasteiger partial charge in [0.15, 0.2) is 0 Å². The molecule has 0 saturated carbocycles. The minimum Gasteiger partial charge on any atom is -0.378 e. The minimum absolute atomic E-state index is 0.0790. The van der Waals surface area contributed by atoms with Gasteiger partial charge in [0.05, 0.1) is 42.8 Å². The lowest BCUT2D eigenvalue weighted by Crippen LogP contribution is -2.37. The second-order valence-corrected chi connectivity index (χ2v) is 6.50. The van der Waals surface area contributed by atoms with E-state index in [0.717, 1.165) is 35.6 Å². The number of nitrogens with zero attached hydrogens (tertiary/aromatic N) is 5. The van der Waals surface area contributed by atoms with E-state index in [1.54, 1.807) is 12.7 Å². The largest absolute Gasteiger partial charge is 0.378 e. The number of rotatable bonds is 5. The molecule has 0 radical (unpaired) electrons. The third-order valence-corrected chi connectivity index (χ3v) is 4.77. The van der Waals surface area contributed by atoms with Gasteiger partial charge in [-0.2, -0.15) is 0 Å². The number of para-hydroxylation sites is 2. The number of aromatic nitrogens is 4. The van der Waals surface area contributed by atoms with Crippen molar-refractivity contribution in [3.8, 4) is 0 Å². The number of carbonyl (C=O) groups excluding carboxylic acids is 1. The van der Waals surface area contributed by atoms with Crippen LogP contribution >= 0.6 is 0 Å². The number of ether oxygens (including phenoxy) is 1. The first-order valence-corrected chi connectivity index (χ1v) is 9.05. The Balaban J connectivity index is 1.41. The van der Waals surface area contributed by atoms with E-state index in [4.69, 9.17) is 4.74 Å². The van der Waals surface area contributed by atoms with E-state index in [0.29, 0.717) is 19.8 Å². The molecule has 1 atom stereocenters. The first-order valence-electron chi connectivity index (χ1n) is 9.05. The molecule has 8 nitrogen and oxygen atoms in total. The molecule has 0 spiro atoms. The first kappa shape index (κ1) is 17.4. The van der Waals surface area contributed by atoms with Crippen molar-refractivity contribution in [2.45, 2.75) is 19.5 Å². The molecule has 1 aliphatic heterocycles. The molecular weight excluding hydrogens is 344 g/mol.